The molecule has 3 aromatic carbocycles. The number of nitro groups is 1. The van der Waals surface area contributed by atoms with E-state index in [4.69, 9.17) is 0 Å². The summed E-state index contributed by atoms with van der Waals surface area (Å²) < 4.78 is 0. The van der Waals surface area contributed by atoms with E-state index in [0.29, 0.717) is 11.4 Å². The van der Waals surface area contributed by atoms with Gasteiger partial charge in [-0.25, -0.2) is 0 Å². The Morgan fingerprint density at radius 1 is 0.708 bits per heavy atom. The van der Waals surface area contributed by atoms with Crippen LogP contribution in [0.15, 0.2) is 89.1 Å². The Kier molecular flexibility index (Phi) is 4.57. The molecule has 0 aliphatic heterocycles. The van der Waals surface area contributed by atoms with E-state index in [-0.39, 0.29) is 5.69 Å². The van der Waals surface area contributed by atoms with E-state index < -0.39 is 4.92 Å². The number of nitrogens with zero attached hydrogens (tertiary/aromatic N) is 3. The second kappa shape index (κ2) is 7.15. The summed E-state index contributed by atoms with van der Waals surface area (Å²) >= 11 is 0. The van der Waals surface area contributed by atoms with Crippen molar-refractivity contribution in [2.24, 2.45) is 10.2 Å². The van der Waals surface area contributed by atoms with Crippen LogP contribution in [0.2, 0.25) is 0 Å². The van der Waals surface area contributed by atoms with Gasteiger partial charge in [0.1, 0.15) is 0 Å². The molecule has 0 unspecified atom stereocenters. The van der Waals surface area contributed by atoms with Gasteiger partial charge < -0.3 is 5.32 Å². The average Bonchev–Trinajstić information content (AvgIpc) is 2.62. The number of nitrogens with one attached hydrogen (secondary N) is 1. The lowest BCUT2D eigenvalue weighted by Gasteiger charge is -2.05. The minimum Gasteiger partial charge on any atom is -0.356 e. The first-order valence-corrected chi connectivity index (χ1v) is 7.29. The van der Waals surface area contributed by atoms with Crippen molar-refractivity contribution in [2.75, 3.05) is 5.32 Å². The molecule has 6 nitrogen and oxygen atoms in total. The molecule has 0 aliphatic rings. The molecule has 0 saturated carbocycles. The molecule has 0 bridgehead atoms. The lowest BCUT2D eigenvalue weighted by atomic mass is 10.2. The van der Waals surface area contributed by atoms with Crippen LogP contribution in [0.5, 0.6) is 0 Å². The van der Waals surface area contributed by atoms with Crippen LogP contribution in [-0.4, -0.2) is 4.92 Å². The molecule has 0 aliphatic carbocycles. The lowest BCUT2D eigenvalue weighted by molar-refractivity contribution is -0.384. The van der Waals surface area contributed by atoms with Gasteiger partial charge in [0.15, 0.2) is 0 Å². The highest BCUT2D eigenvalue weighted by Crippen LogP contribution is 2.23. The van der Waals surface area contributed by atoms with Crippen LogP contribution in [0, 0.1) is 10.1 Å². The van der Waals surface area contributed by atoms with Crippen molar-refractivity contribution in [1.82, 2.24) is 0 Å². The highest BCUT2D eigenvalue weighted by atomic mass is 16.6. The standard InChI is InChI=1S/C18H14N4O2/c23-22(24)18-12-10-17(11-13-18)21-20-16-8-6-15(7-9-16)19-14-4-2-1-3-5-14/h1-13,19H. The SMILES string of the molecule is O=[N+]([O-])c1ccc(N=Nc2ccc(Nc3ccccc3)cc2)cc1. The fourth-order valence-electron chi connectivity index (χ4n) is 2.06. The van der Waals surface area contributed by atoms with E-state index in [1.165, 1.54) is 12.1 Å². The van der Waals surface area contributed by atoms with E-state index in [1.54, 1.807) is 12.1 Å². The fourth-order valence-corrected chi connectivity index (χ4v) is 2.06. The second-order valence-corrected chi connectivity index (χ2v) is 5.01. The minimum absolute atomic E-state index is 0.0327. The molecule has 0 aromatic heterocycles. The van der Waals surface area contributed by atoms with Crippen molar-refractivity contribution < 1.29 is 4.92 Å². The number of azo groups is 1. The van der Waals surface area contributed by atoms with E-state index in [1.807, 2.05) is 54.6 Å². The highest BCUT2D eigenvalue weighted by Gasteiger charge is 2.03. The molecule has 0 spiro atoms. The molecule has 1 N–H and O–H groups in total. The molecule has 0 fully saturated rings. The third-order valence-electron chi connectivity index (χ3n) is 3.27. The molecule has 0 heterocycles. The van der Waals surface area contributed by atoms with E-state index in [0.717, 1.165) is 11.4 Å². The van der Waals surface area contributed by atoms with Crippen molar-refractivity contribution in [3.8, 4) is 0 Å². The summed E-state index contributed by atoms with van der Waals surface area (Å²) in [6.45, 7) is 0. The first-order chi connectivity index (χ1) is 11.7. The Morgan fingerprint density at radius 2 is 1.21 bits per heavy atom. The maximum atomic E-state index is 10.6. The number of hydrogen-bond donors (Lipinski definition) is 1. The number of anilines is 2. The van der Waals surface area contributed by atoms with Crippen LogP contribution >= 0.6 is 0 Å². The second-order valence-electron chi connectivity index (χ2n) is 5.01. The third kappa shape index (κ3) is 4.01. The van der Waals surface area contributed by atoms with Crippen LogP contribution in [0.3, 0.4) is 0 Å². The largest absolute Gasteiger partial charge is 0.356 e. The van der Waals surface area contributed by atoms with Gasteiger partial charge in [-0.3, -0.25) is 10.1 Å². The van der Waals surface area contributed by atoms with Gasteiger partial charge in [-0.05, 0) is 48.5 Å². The summed E-state index contributed by atoms with van der Waals surface area (Å²) in [5.74, 6) is 0. The smallest absolute Gasteiger partial charge is 0.269 e. The molecule has 24 heavy (non-hydrogen) atoms. The Hall–Kier alpha value is -3.54. The third-order valence-corrected chi connectivity index (χ3v) is 3.27. The van der Waals surface area contributed by atoms with Crippen LogP contribution in [0.25, 0.3) is 0 Å². The van der Waals surface area contributed by atoms with Crippen LogP contribution in [0.1, 0.15) is 0 Å². The zero-order valence-corrected chi connectivity index (χ0v) is 12.7. The summed E-state index contributed by atoms with van der Waals surface area (Å²) in [5.41, 5.74) is 3.26. The van der Waals surface area contributed by atoms with Gasteiger partial charge in [0, 0.05) is 23.5 Å². The van der Waals surface area contributed by atoms with Crippen molar-refractivity contribution >= 4 is 28.4 Å². The van der Waals surface area contributed by atoms with Gasteiger partial charge in [-0.1, -0.05) is 18.2 Å². The van der Waals surface area contributed by atoms with Crippen LogP contribution < -0.4 is 5.32 Å². The van der Waals surface area contributed by atoms with E-state index in [9.17, 15) is 10.1 Å². The zero-order valence-electron chi connectivity index (χ0n) is 12.7. The van der Waals surface area contributed by atoms with E-state index >= 15 is 0 Å². The van der Waals surface area contributed by atoms with Crippen molar-refractivity contribution in [2.45, 2.75) is 0 Å². The van der Waals surface area contributed by atoms with Crippen molar-refractivity contribution in [1.29, 1.82) is 0 Å². The van der Waals surface area contributed by atoms with Gasteiger partial charge >= 0.3 is 0 Å². The Morgan fingerprint density at radius 3 is 1.75 bits per heavy atom. The van der Waals surface area contributed by atoms with Gasteiger partial charge in [-0.15, -0.1) is 0 Å². The summed E-state index contributed by atoms with van der Waals surface area (Å²) in [7, 11) is 0. The Bertz CT molecular complexity index is 844. The molecule has 3 aromatic rings. The topological polar surface area (TPSA) is 79.9 Å². The summed E-state index contributed by atoms with van der Waals surface area (Å²) in [5, 5.41) is 22.1. The maximum absolute atomic E-state index is 10.6. The highest BCUT2D eigenvalue weighted by molar-refractivity contribution is 5.61. The molecule has 3 rings (SSSR count). The quantitative estimate of drug-likeness (QED) is 0.369. The van der Waals surface area contributed by atoms with Gasteiger partial charge in [0.25, 0.3) is 5.69 Å². The van der Waals surface area contributed by atoms with Gasteiger partial charge in [0.2, 0.25) is 0 Å². The summed E-state index contributed by atoms with van der Waals surface area (Å²) in [6, 6.07) is 23.3. The number of nitro benzene ring substituents is 1. The Labute approximate surface area is 138 Å². The molecule has 118 valence electrons. The van der Waals surface area contributed by atoms with Gasteiger partial charge in [0.05, 0.1) is 16.3 Å². The maximum Gasteiger partial charge on any atom is 0.269 e. The zero-order chi connectivity index (χ0) is 16.8. The van der Waals surface area contributed by atoms with Crippen LogP contribution in [0.4, 0.5) is 28.4 Å². The number of benzene rings is 3. The number of para-hydroxylation sites is 1. The monoisotopic (exact) mass is 318 g/mol. The molecule has 6 heteroatoms. The molecular weight excluding hydrogens is 304 g/mol. The van der Waals surface area contributed by atoms with Gasteiger partial charge in [-0.2, -0.15) is 10.2 Å². The first kappa shape index (κ1) is 15.4. The normalized spacial score (nSPS) is 10.7. The fraction of sp³-hybridized carbons (Fsp3) is 0. The molecule has 0 amide bonds. The Balaban J connectivity index is 1.66. The molecule has 0 saturated heterocycles. The number of hydrogen-bond acceptors (Lipinski definition) is 5. The summed E-state index contributed by atoms with van der Waals surface area (Å²) in [4.78, 5) is 10.2. The van der Waals surface area contributed by atoms with Crippen molar-refractivity contribution in [3.05, 3.63) is 89.0 Å². The average molecular weight is 318 g/mol. The first-order valence-electron chi connectivity index (χ1n) is 7.29. The molecule has 0 atom stereocenters. The van der Waals surface area contributed by atoms with Crippen LogP contribution in [-0.2, 0) is 0 Å². The predicted octanol–water partition coefficient (Wildman–Crippen LogP) is 5.75. The number of non-ortho nitro benzene ring substituents is 1. The minimum atomic E-state index is -0.445. The lowest BCUT2D eigenvalue weighted by Crippen LogP contribution is -1.88. The summed E-state index contributed by atoms with van der Waals surface area (Å²) in [6.07, 6.45) is 0. The molecule has 0 radical (unpaired) electrons. The number of rotatable bonds is 5. The predicted molar refractivity (Wildman–Crippen MR) is 93.4 cm³/mol. The molecular formula is C18H14N4O2. The van der Waals surface area contributed by atoms with E-state index in [2.05, 4.69) is 15.5 Å². The van der Waals surface area contributed by atoms with Crippen molar-refractivity contribution in [3.63, 3.8) is 0 Å².